The molecule has 0 aromatic rings. The zero-order valence-electron chi connectivity index (χ0n) is 33.3. The second kappa shape index (κ2) is 40.4. The molecule has 1 atom stereocenters. The predicted octanol–water partition coefficient (Wildman–Crippen LogP) is 12.9. The van der Waals surface area contributed by atoms with Crippen LogP contribution in [0.4, 0.5) is 0 Å². The molecule has 0 saturated carbocycles. The van der Waals surface area contributed by atoms with Gasteiger partial charge in [-0.2, -0.15) is 0 Å². The zero-order chi connectivity index (χ0) is 38.0. The molecule has 6 nitrogen and oxygen atoms in total. The maximum Gasteiger partial charge on any atom is 0.306 e. The Morgan fingerprint density at radius 2 is 0.788 bits per heavy atom. The summed E-state index contributed by atoms with van der Waals surface area (Å²) in [5, 5.41) is 0. The fourth-order valence-electron chi connectivity index (χ4n) is 5.02. The Morgan fingerprint density at radius 3 is 1.25 bits per heavy atom. The Bertz CT molecular complexity index is 1060. The first-order valence-electron chi connectivity index (χ1n) is 20.6. The molecule has 6 heteroatoms. The van der Waals surface area contributed by atoms with E-state index in [1.807, 2.05) is 12.2 Å². The van der Waals surface area contributed by atoms with E-state index < -0.39 is 6.10 Å². The average Bonchev–Trinajstić information content (AvgIpc) is 3.14. The average molecular weight is 723 g/mol. The molecular formula is C46H74O6. The lowest BCUT2D eigenvalue weighted by atomic mass is 10.1. The Labute approximate surface area is 318 Å². The number of allylic oxidation sites excluding steroid dienone is 14. The zero-order valence-corrected chi connectivity index (χ0v) is 33.3. The van der Waals surface area contributed by atoms with Gasteiger partial charge in [-0.1, -0.05) is 144 Å². The lowest BCUT2D eigenvalue weighted by molar-refractivity contribution is -0.166. The van der Waals surface area contributed by atoms with E-state index in [2.05, 4.69) is 93.7 Å². The minimum atomic E-state index is -0.828. The largest absolute Gasteiger partial charge is 0.462 e. The molecular weight excluding hydrogens is 648 g/mol. The highest BCUT2D eigenvalue weighted by molar-refractivity contribution is 5.71. The number of hydrogen-bond donors (Lipinski definition) is 0. The molecule has 0 aromatic heterocycles. The summed E-state index contributed by atoms with van der Waals surface area (Å²) in [6.45, 7) is 6.29. The van der Waals surface area contributed by atoms with Gasteiger partial charge in [0.05, 0.1) is 0 Å². The number of carbonyl (C=O) groups excluding carboxylic acids is 3. The molecule has 0 radical (unpaired) electrons. The minimum absolute atomic E-state index is 0.127. The molecule has 0 aliphatic carbocycles. The van der Waals surface area contributed by atoms with Crippen molar-refractivity contribution in [1.29, 1.82) is 0 Å². The van der Waals surface area contributed by atoms with Crippen molar-refractivity contribution in [3.63, 3.8) is 0 Å². The van der Waals surface area contributed by atoms with E-state index in [4.69, 9.17) is 14.2 Å². The van der Waals surface area contributed by atoms with E-state index in [0.717, 1.165) is 57.8 Å². The van der Waals surface area contributed by atoms with Crippen LogP contribution in [0.3, 0.4) is 0 Å². The Morgan fingerprint density at radius 1 is 0.404 bits per heavy atom. The van der Waals surface area contributed by atoms with E-state index in [0.29, 0.717) is 25.7 Å². The molecule has 1 unspecified atom stereocenters. The molecule has 52 heavy (non-hydrogen) atoms. The van der Waals surface area contributed by atoms with Crippen LogP contribution in [0.2, 0.25) is 0 Å². The normalized spacial score (nSPS) is 12.9. The van der Waals surface area contributed by atoms with Crippen molar-refractivity contribution in [3.8, 4) is 0 Å². The summed E-state index contributed by atoms with van der Waals surface area (Å²) in [6, 6.07) is 0. The van der Waals surface area contributed by atoms with Gasteiger partial charge in [0, 0.05) is 19.3 Å². The molecule has 0 rings (SSSR count). The van der Waals surface area contributed by atoms with Crippen molar-refractivity contribution in [2.75, 3.05) is 13.2 Å². The summed E-state index contributed by atoms with van der Waals surface area (Å²) in [5.74, 6) is -1.10. The van der Waals surface area contributed by atoms with E-state index in [1.165, 1.54) is 51.4 Å². The number of esters is 3. The SMILES string of the molecule is CC/C=C\C/C=C\C/C=C\C/C=C\C/C=C\CCC(=O)OCC(COC(=O)CCC/C=C\CCCCCC)OC(=O)CCC/C=C\CCCCCC. The van der Waals surface area contributed by atoms with Crippen LogP contribution < -0.4 is 0 Å². The lowest BCUT2D eigenvalue weighted by Crippen LogP contribution is -2.30. The third kappa shape index (κ3) is 37.8. The number of rotatable bonds is 35. The van der Waals surface area contributed by atoms with Crippen LogP contribution in [0.15, 0.2) is 85.1 Å². The molecule has 0 heterocycles. The number of ether oxygens (including phenoxy) is 3. The van der Waals surface area contributed by atoms with Crippen LogP contribution in [0, 0.1) is 0 Å². The molecule has 0 aromatic carbocycles. The van der Waals surface area contributed by atoms with Gasteiger partial charge in [0.25, 0.3) is 0 Å². The first kappa shape index (κ1) is 48.6. The molecule has 0 bridgehead atoms. The van der Waals surface area contributed by atoms with Crippen LogP contribution in [-0.2, 0) is 28.6 Å². The van der Waals surface area contributed by atoms with Crippen LogP contribution in [0.1, 0.15) is 168 Å². The van der Waals surface area contributed by atoms with E-state index in [9.17, 15) is 14.4 Å². The molecule has 0 saturated heterocycles. The minimum Gasteiger partial charge on any atom is -0.462 e. The van der Waals surface area contributed by atoms with Gasteiger partial charge >= 0.3 is 17.9 Å². The van der Waals surface area contributed by atoms with E-state index in [-0.39, 0.29) is 44.0 Å². The molecule has 0 N–H and O–H groups in total. The molecule has 0 fully saturated rings. The Hall–Kier alpha value is -3.41. The lowest BCUT2D eigenvalue weighted by Gasteiger charge is -2.18. The van der Waals surface area contributed by atoms with Crippen molar-refractivity contribution in [2.45, 2.75) is 175 Å². The Kier molecular flexibility index (Phi) is 37.7. The standard InChI is InChI=1S/C46H74O6/c1-4-7-10-13-16-19-20-21-22-23-24-25-28-30-33-36-39-45(48)51-42-43(52-46(49)40-37-34-31-27-18-15-12-9-6-3)41-50-44(47)38-35-32-29-26-17-14-11-8-5-2/h7,10,16,19,21-22,24-27,29-31,33,43H,4-6,8-9,11-15,17-18,20,23,28,32,34-42H2,1-3H3/b10-7-,19-16-,22-21-,25-24-,29-26-,31-27-,33-30-. The highest BCUT2D eigenvalue weighted by Crippen LogP contribution is 2.09. The second-order valence-corrected chi connectivity index (χ2v) is 13.2. The van der Waals surface area contributed by atoms with Gasteiger partial charge in [-0.3, -0.25) is 14.4 Å². The number of unbranched alkanes of at least 4 members (excludes halogenated alkanes) is 10. The van der Waals surface area contributed by atoms with Crippen LogP contribution >= 0.6 is 0 Å². The van der Waals surface area contributed by atoms with Crippen molar-refractivity contribution >= 4 is 17.9 Å². The molecule has 0 spiro atoms. The summed E-state index contributed by atoms with van der Waals surface area (Å²) < 4.78 is 16.5. The maximum atomic E-state index is 12.6. The quantitative estimate of drug-likeness (QED) is 0.0280. The van der Waals surface area contributed by atoms with Crippen LogP contribution in [0.25, 0.3) is 0 Å². The monoisotopic (exact) mass is 723 g/mol. The topological polar surface area (TPSA) is 78.9 Å². The fraction of sp³-hybridized carbons (Fsp3) is 0.630. The van der Waals surface area contributed by atoms with Crippen molar-refractivity contribution in [3.05, 3.63) is 85.1 Å². The van der Waals surface area contributed by atoms with Crippen molar-refractivity contribution < 1.29 is 28.6 Å². The van der Waals surface area contributed by atoms with E-state index >= 15 is 0 Å². The molecule has 0 amide bonds. The summed E-state index contributed by atoms with van der Waals surface area (Å²) in [6.07, 6.45) is 50.3. The first-order chi connectivity index (χ1) is 25.5. The Balaban J connectivity index is 4.54. The molecule has 0 aliphatic heterocycles. The van der Waals surface area contributed by atoms with Gasteiger partial charge in [-0.05, 0) is 89.9 Å². The van der Waals surface area contributed by atoms with Crippen molar-refractivity contribution in [1.82, 2.24) is 0 Å². The smallest absolute Gasteiger partial charge is 0.306 e. The fourth-order valence-corrected chi connectivity index (χ4v) is 5.02. The van der Waals surface area contributed by atoms with Crippen LogP contribution in [0.5, 0.6) is 0 Å². The molecule has 294 valence electrons. The summed E-state index contributed by atoms with van der Waals surface area (Å²) in [5.41, 5.74) is 0. The van der Waals surface area contributed by atoms with Crippen molar-refractivity contribution in [2.24, 2.45) is 0 Å². The first-order valence-corrected chi connectivity index (χ1v) is 20.6. The van der Waals surface area contributed by atoms with Gasteiger partial charge < -0.3 is 14.2 Å². The number of hydrogen-bond acceptors (Lipinski definition) is 6. The van der Waals surface area contributed by atoms with Gasteiger partial charge in [0.15, 0.2) is 6.10 Å². The third-order valence-corrected chi connectivity index (χ3v) is 8.12. The highest BCUT2D eigenvalue weighted by atomic mass is 16.6. The van der Waals surface area contributed by atoms with E-state index in [1.54, 1.807) is 0 Å². The summed E-state index contributed by atoms with van der Waals surface area (Å²) >= 11 is 0. The van der Waals surface area contributed by atoms with Gasteiger partial charge in [0.1, 0.15) is 13.2 Å². The molecule has 0 aliphatic rings. The van der Waals surface area contributed by atoms with Crippen LogP contribution in [-0.4, -0.2) is 37.2 Å². The van der Waals surface area contributed by atoms with Gasteiger partial charge in [-0.25, -0.2) is 0 Å². The maximum absolute atomic E-state index is 12.6. The third-order valence-electron chi connectivity index (χ3n) is 8.12. The second-order valence-electron chi connectivity index (χ2n) is 13.2. The summed E-state index contributed by atoms with van der Waals surface area (Å²) in [7, 11) is 0. The number of carbonyl (C=O) groups is 3. The predicted molar refractivity (Wildman–Crippen MR) is 219 cm³/mol. The summed E-state index contributed by atoms with van der Waals surface area (Å²) in [4.78, 5) is 37.4. The highest BCUT2D eigenvalue weighted by Gasteiger charge is 2.19. The van der Waals surface area contributed by atoms with Gasteiger partial charge in [-0.15, -0.1) is 0 Å². The van der Waals surface area contributed by atoms with Gasteiger partial charge in [0.2, 0.25) is 0 Å².